The number of nitrogens with zero attached hydrogens (tertiary/aromatic N) is 1. The first-order valence-corrected chi connectivity index (χ1v) is 14.2. The maximum absolute atomic E-state index is 13.4. The molecule has 0 bridgehead atoms. The second kappa shape index (κ2) is 13.1. The number of hydrogen-bond donors (Lipinski definition) is 3. The van der Waals surface area contributed by atoms with Gasteiger partial charge >= 0.3 is 0 Å². The van der Waals surface area contributed by atoms with Crippen LogP contribution in [0.4, 0.5) is 0 Å². The number of carbonyl (C=O) groups excluding carboxylic acids is 2. The molecule has 0 unspecified atom stereocenters. The van der Waals surface area contributed by atoms with Crippen molar-refractivity contribution in [3.8, 4) is 0 Å². The highest BCUT2D eigenvalue weighted by Crippen LogP contribution is 2.27. The van der Waals surface area contributed by atoms with E-state index in [1.807, 2.05) is 50.3 Å². The fraction of sp³-hybridized carbons (Fsp3) is 0.565. The zero-order chi connectivity index (χ0) is 24.4. The van der Waals surface area contributed by atoms with Gasteiger partial charge in [0.05, 0.1) is 18.1 Å². The molecule has 1 saturated heterocycles. The topological polar surface area (TPSA) is 116 Å². The Kier molecular flexibility index (Phi) is 10.9. The molecule has 184 valence electrons. The highest BCUT2D eigenvalue weighted by atomic mass is 32.2. The number of allylic oxidation sites excluding steroid dienone is 1. The lowest BCUT2D eigenvalue weighted by Gasteiger charge is -2.34. The van der Waals surface area contributed by atoms with E-state index < -0.39 is 33.7 Å². The SMILES string of the molecule is CC(C)C[C@@H](C(=O)NN(C1CCSCC1)S(C)(=O)=O)[C@H](CC=Cc1ccccc1)C(=O)NO. The van der Waals surface area contributed by atoms with E-state index in [-0.39, 0.29) is 18.4 Å². The van der Waals surface area contributed by atoms with Crippen LogP contribution < -0.4 is 10.9 Å². The molecule has 2 rings (SSSR count). The third-order valence-corrected chi connectivity index (χ3v) is 7.75. The molecule has 3 N–H and O–H groups in total. The molecule has 1 aliphatic rings. The van der Waals surface area contributed by atoms with Crippen LogP contribution in [0.5, 0.6) is 0 Å². The Labute approximate surface area is 201 Å². The molecule has 2 amide bonds. The van der Waals surface area contributed by atoms with Gasteiger partial charge in [0.1, 0.15) is 0 Å². The molecule has 1 heterocycles. The van der Waals surface area contributed by atoms with Gasteiger partial charge in [0.15, 0.2) is 0 Å². The first-order valence-electron chi connectivity index (χ1n) is 11.2. The summed E-state index contributed by atoms with van der Waals surface area (Å²) in [4.78, 5) is 25.9. The summed E-state index contributed by atoms with van der Waals surface area (Å²) in [5.41, 5.74) is 5.24. The summed E-state index contributed by atoms with van der Waals surface area (Å²) in [6.07, 6.45) is 6.59. The second-order valence-corrected chi connectivity index (χ2v) is 11.8. The summed E-state index contributed by atoms with van der Waals surface area (Å²) in [7, 11) is -3.70. The summed E-state index contributed by atoms with van der Waals surface area (Å²) in [6.45, 7) is 3.86. The maximum atomic E-state index is 13.4. The van der Waals surface area contributed by atoms with E-state index in [0.29, 0.717) is 19.3 Å². The molecule has 0 radical (unpaired) electrons. The molecule has 33 heavy (non-hydrogen) atoms. The lowest BCUT2D eigenvalue weighted by Crippen LogP contribution is -2.55. The van der Waals surface area contributed by atoms with Gasteiger partial charge in [-0.05, 0) is 48.7 Å². The Bertz CT molecular complexity index is 900. The monoisotopic (exact) mass is 497 g/mol. The van der Waals surface area contributed by atoms with Gasteiger partial charge in [0.2, 0.25) is 21.8 Å². The van der Waals surface area contributed by atoms with Crippen LogP contribution in [0, 0.1) is 17.8 Å². The summed E-state index contributed by atoms with van der Waals surface area (Å²) < 4.78 is 26.0. The predicted molar refractivity (Wildman–Crippen MR) is 132 cm³/mol. The van der Waals surface area contributed by atoms with E-state index in [0.717, 1.165) is 27.7 Å². The highest BCUT2D eigenvalue weighted by Gasteiger charge is 2.37. The van der Waals surface area contributed by atoms with E-state index in [1.165, 1.54) is 0 Å². The fourth-order valence-electron chi connectivity index (χ4n) is 3.97. The van der Waals surface area contributed by atoms with Crippen LogP contribution in [0.2, 0.25) is 0 Å². The molecule has 1 aromatic carbocycles. The number of hydrogen-bond acceptors (Lipinski definition) is 6. The molecular weight excluding hydrogens is 462 g/mol. The number of benzene rings is 1. The first kappa shape index (κ1) is 27.4. The van der Waals surface area contributed by atoms with Crippen LogP contribution in [0.3, 0.4) is 0 Å². The Balaban J connectivity index is 2.26. The lowest BCUT2D eigenvalue weighted by molar-refractivity contribution is -0.142. The van der Waals surface area contributed by atoms with Crippen LogP contribution in [-0.4, -0.2) is 53.7 Å². The maximum Gasteiger partial charge on any atom is 0.247 e. The smallest absolute Gasteiger partial charge is 0.247 e. The normalized spacial score (nSPS) is 17.3. The van der Waals surface area contributed by atoms with Crippen LogP contribution >= 0.6 is 11.8 Å². The molecule has 0 saturated carbocycles. The number of carbonyl (C=O) groups is 2. The van der Waals surface area contributed by atoms with Gasteiger partial charge < -0.3 is 0 Å². The van der Waals surface area contributed by atoms with Gasteiger partial charge in [-0.3, -0.25) is 20.2 Å². The van der Waals surface area contributed by atoms with Gasteiger partial charge in [0.25, 0.3) is 0 Å². The Morgan fingerprint density at radius 3 is 2.33 bits per heavy atom. The van der Waals surface area contributed by atoms with Gasteiger partial charge in [-0.2, -0.15) is 11.8 Å². The number of hydrazine groups is 1. The number of amides is 2. The number of nitrogens with one attached hydrogen (secondary N) is 2. The minimum atomic E-state index is -3.70. The van der Waals surface area contributed by atoms with Crippen molar-refractivity contribution >= 4 is 39.7 Å². The second-order valence-electron chi connectivity index (χ2n) is 8.75. The minimum Gasteiger partial charge on any atom is -0.289 e. The summed E-state index contributed by atoms with van der Waals surface area (Å²) in [5, 5.41) is 9.34. The molecule has 0 aliphatic carbocycles. The number of sulfonamides is 1. The minimum absolute atomic E-state index is 0.0746. The van der Waals surface area contributed by atoms with Gasteiger partial charge in [-0.25, -0.2) is 13.9 Å². The lowest BCUT2D eigenvalue weighted by atomic mass is 9.82. The van der Waals surface area contributed by atoms with Crippen molar-refractivity contribution in [2.75, 3.05) is 17.8 Å². The zero-order valence-electron chi connectivity index (χ0n) is 19.4. The first-order chi connectivity index (χ1) is 15.6. The molecule has 2 atom stereocenters. The summed E-state index contributed by atoms with van der Waals surface area (Å²) in [5.74, 6) is -1.17. The molecular formula is C23H35N3O5S2. The predicted octanol–water partition coefficient (Wildman–Crippen LogP) is 3.06. The number of hydroxylamine groups is 1. The van der Waals surface area contributed by atoms with E-state index in [2.05, 4.69) is 5.43 Å². The van der Waals surface area contributed by atoms with Crippen molar-refractivity contribution in [1.82, 2.24) is 15.3 Å². The van der Waals surface area contributed by atoms with Crippen LogP contribution in [0.15, 0.2) is 36.4 Å². The van der Waals surface area contributed by atoms with Crippen LogP contribution in [0.1, 0.15) is 45.1 Å². The zero-order valence-corrected chi connectivity index (χ0v) is 21.1. The quantitative estimate of drug-likeness (QED) is 0.320. The van der Waals surface area contributed by atoms with Crippen LogP contribution in [-0.2, 0) is 19.6 Å². The molecule has 1 aromatic rings. The standard InChI is InChI=1S/C23H35N3O5S2/c1-17(2)16-21(20(23(28)25-29)11-7-10-18-8-5-4-6-9-18)22(27)24-26(33(3,30)31)19-12-14-32-15-13-19/h4-10,17,19-21,29H,11-16H2,1-3H3,(H,24,27)(H,25,28)/t20-,21+/m0/s1. The van der Waals surface area contributed by atoms with Crippen molar-refractivity contribution in [3.63, 3.8) is 0 Å². The summed E-state index contributed by atoms with van der Waals surface area (Å²) in [6, 6.07) is 9.23. The van der Waals surface area contributed by atoms with E-state index in [4.69, 9.17) is 0 Å². The van der Waals surface area contributed by atoms with Crippen molar-refractivity contribution in [1.29, 1.82) is 0 Å². The Hall–Kier alpha value is -1.88. The molecule has 1 fully saturated rings. The van der Waals surface area contributed by atoms with Gasteiger partial charge in [-0.15, -0.1) is 4.41 Å². The molecule has 10 heteroatoms. The third kappa shape index (κ3) is 8.77. The molecule has 1 aliphatic heterocycles. The van der Waals surface area contributed by atoms with Gasteiger partial charge in [0, 0.05) is 6.04 Å². The Morgan fingerprint density at radius 2 is 1.79 bits per heavy atom. The van der Waals surface area contributed by atoms with Crippen LogP contribution in [0.25, 0.3) is 6.08 Å². The fourth-order valence-corrected chi connectivity index (χ4v) is 6.06. The highest BCUT2D eigenvalue weighted by molar-refractivity contribution is 7.99. The van der Waals surface area contributed by atoms with E-state index >= 15 is 0 Å². The number of thioether (sulfide) groups is 1. The van der Waals surface area contributed by atoms with E-state index in [9.17, 15) is 23.2 Å². The average molecular weight is 498 g/mol. The molecule has 0 aromatic heterocycles. The average Bonchev–Trinajstić information content (AvgIpc) is 2.78. The van der Waals surface area contributed by atoms with Crippen molar-refractivity contribution in [2.45, 2.75) is 45.6 Å². The third-order valence-electron chi connectivity index (χ3n) is 5.59. The van der Waals surface area contributed by atoms with Crippen molar-refractivity contribution < 1.29 is 23.2 Å². The van der Waals surface area contributed by atoms with E-state index in [1.54, 1.807) is 23.3 Å². The van der Waals surface area contributed by atoms with Gasteiger partial charge in [-0.1, -0.05) is 56.3 Å². The summed E-state index contributed by atoms with van der Waals surface area (Å²) >= 11 is 1.76. The van der Waals surface area contributed by atoms with Crippen molar-refractivity contribution in [3.05, 3.63) is 42.0 Å². The molecule has 8 nitrogen and oxygen atoms in total. The Morgan fingerprint density at radius 1 is 1.15 bits per heavy atom. The van der Waals surface area contributed by atoms with Crippen molar-refractivity contribution in [2.24, 2.45) is 17.8 Å². The molecule has 0 spiro atoms. The number of rotatable bonds is 11. The largest absolute Gasteiger partial charge is 0.289 e.